The van der Waals surface area contributed by atoms with Gasteiger partial charge in [0.1, 0.15) is 11.6 Å². The van der Waals surface area contributed by atoms with Crippen molar-refractivity contribution in [2.45, 2.75) is 31.8 Å². The summed E-state index contributed by atoms with van der Waals surface area (Å²) < 4.78 is 23.0. The normalized spacial score (nSPS) is 17.8. The quantitative estimate of drug-likeness (QED) is 0.552. The second kappa shape index (κ2) is 8.29. The van der Waals surface area contributed by atoms with Crippen LogP contribution >= 0.6 is 11.6 Å². The second-order valence-corrected chi connectivity index (χ2v) is 10.0. The molecule has 1 aliphatic carbocycles. The summed E-state index contributed by atoms with van der Waals surface area (Å²) in [7, 11) is 3.27. The zero-order valence-electron chi connectivity index (χ0n) is 18.8. The van der Waals surface area contributed by atoms with Crippen molar-refractivity contribution >= 4 is 22.4 Å². The number of nitrogens with zero attached hydrogens (tertiary/aromatic N) is 3. The lowest BCUT2D eigenvalue weighted by molar-refractivity contribution is -0.118. The van der Waals surface area contributed by atoms with Crippen LogP contribution in [0.5, 0.6) is 5.75 Å². The fraction of sp³-hybridized carbons (Fsp3) is 0.440. The Hall–Kier alpha value is -2.64. The van der Waals surface area contributed by atoms with Gasteiger partial charge in [0.05, 0.1) is 16.5 Å². The first-order chi connectivity index (χ1) is 15.7. The van der Waals surface area contributed by atoms with Gasteiger partial charge in [-0.3, -0.25) is 9.59 Å². The fourth-order valence-electron chi connectivity index (χ4n) is 5.30. The van der Waals surface area contributed by atoms with Crippen LogP contribution in [0.1, 0.15) is 24.8 Å². The fourth-order valence-corrected chi connectivity index (χ4v) is 5.54. The molecule has 1 saturated heterocycles. The molecule has 1 spiro atoms. The Morgan fingerprint density at radius 3 is 2.67 bits per heavy atom. The lowest BCUT2D eigenvalue weighted by atomic mass is 9.61. The van der Waals surface area contributed by atoms with E-state index in [0.717, 1.165) is 44.3 Å². The minimum absolute atomic E-state index is 0.126. The minimum Gasteiger partial charge on any atom is -0.490 e. The number of hydrogen-bond donors (Lipinski definition) is 0. The van der Waals surface area contributed by atoms with Crippen LogP contribution in [-0.4, -0.2) is 39.8 Å². The van der Waals surface area contributed by atoms with Gasteiger partial charge in [0, 0.05) is 56.4 Å². The first-order valence-corrected chi connectivity index (χ1v) is 11.6. The van der Waals surface area contributed by atoms with Gasteiger partial charge in [0.25, 0.3) is 11.1 Å². The molecule has 0 N–H and O–H groups in total. The summed E-state index contributed by atoms with van der Waals surface area (Å²) in [6.45, 7) is 2.94. The van der Waals surface area contributed by atoms with Crippen molar-refractivity contribution in [1.29, 1.82) is 0 Å². The maximum Gasteiger partial charge on any atom is 0.259 e. The van der Waals surface area contributed by atoms with Crippen LogP contribution in [0.15, 0.2) is 46.2 Å². The number of fused-ring (bicyclic) bond motifs is 1. The summed E-state index contributed by atoms with van der Waals surface area (Å²) >= 11 is 6.28. The van der Waals surface area contributed by atoms with Crippen LogP contribution in [0, 0.1) is 11.2 Å². The Kier molecular flexibility index (Phi) is 5.57. The monoisotopic (exact) mass is 471 g/mol. The molecule has 2 aliphatic rings. The predicted octanol–water partition coefficient (Wildman–Crippen LogP) is 3.51. The molecule has 5 rings (SSSR count). The topological polar surface area (TPSA) is 56.5 Å². The molecule has 174 valence electrons. The van der Waals surface area contributed by atoms with Crippen LogP contribution < -0.4 is 15.9 Å². The minimum atomic E-state index is -0.316. The molecule has 0 bridgehead atoms. The summed E-state index contributed by atoms with van der Waals surface area (Å²) in [5.41, 5.74) is 0.495. The van der Waals surface area contributed by atoms with Crippen LogP contribution in [0.25, 0.3) is 10.8 Å². The van der Waals surface area contributed by atoms with Gasteiger partial charge >= 0.3 is 0 Å². The van der Waals surface area contributed by atoms with E-state index in [2.05, 4.69) is 4.90 Å². The third kappa shape index (κ3) is 4.08. The molecule has 3 aromatic rings. The van der Waals surface area contributed by atoms with Crippen molar-refractivity contribution in [3.8, 4) is 5.75 Å². The van der Waals surface area contributed by atoms with E-state index >= 15 is 0 Å². The number of pyridine rings is 2. The SMILES string of the molecule is Cn1cc(F)c(CCCN2CC3(CC(Oc4ccc(Cl)c5c(=O)n(C)ccc45)C3)C2)cc1=O. The molecule has 2 fully saturated rings. The highest BCUT2D eigenvalue weighted by Crippen LogP contribution is 2.50. The molecule has 8 heteroatoms. The summed E-state index contributed by atoms with van der Waals surface area (Å²) in [6, 6.07) is 6.85. The maximum atomic E-state index is 14.0. The third-order valence-electron chi connectivity index (χ3n) is 7.07. The molecule has 2 aromatic heterocycles. The predicted molar refractivity (Wildman–Crippen MR) is 127 cm³/mol. The first kappa shape index (κ1) is 22.2. The molecule has 1 saturated carbocycles. The second-order valence-electron chi connectivity index (χ2n) is 9.62. The van der Waals surface area contributed by atoms with Crippen molar-refractivity contribution in [3.05, 3.63) is 73.8 Å². The number of benzene rings is 1. The van der Waals surface area contributed by atoms with Gasteiger partial charge < -0.3 is 18.8 Å². The average molecular weight is 472 g/mol. The molecule has 1 aromatic carbocycles. The lowest BCUT2D eigenvalue weighted by Gasteiger charge is -2.58. The van der Waals surface area contributed by atoms with Gasteiger partial charge in [0.2, 0.25) is 0 Å². The first-order valence-electron chi connectivity index (χ1n) is 11.3. The van der Waals surface area contributed by atoms with Crippen LogP contribution in [0.2, 0.25) is 5.02 Å². The molecular formula is C25H27ClFN3O3. The number of aryl methyl sites for hydroxylation is 3. The Labute approximate surface area is 196 Å². The summed E-state index contributed by atoms with van der Waals surface area (Å²) in [5, 5.41) is 1.69. The van der Waals surface area contributed by atoms with Crippen molar-refractivity contribution in [2.24, 2.45) is 19.5 Å². The van der Waals surface area contributed by atoms with Crippen molar-refractivity contribution < 1.29 is 9.13 Å². The van der Waals surface area contributed by atoms with E-state index in [4.69, 9.17) is 16.3 Å². The molecule has 1 aliphatic heterocycles. The van der Waals surface area contributed by atoms with E-state index in [0.29, 0.717) is 33.6 Å². The van der Waals surface area contributed by atoms with Crippen LogP contribution in [0.4, 0.5) is 4.39 Å². The van der Waals surface area contributed by atoms with Crippen molar-refractivity contribution in [3.63, 3.8) is 0 Å². The molecule has 6 nitrogen and oxygen atoms in total. The van der Waals surface area contributed by atoms with Gasteiger partial charge in [-0.25, -0.2) is 4.39 Å². The molecule has 0 amide bonds. The van der Waals surface area contributed by atoms with Gasteiger partial charge in [-0.1, -0.05) is 11.6 Å². The number of halogens is 2. The van der Waals surface area contributed by atoms with Crippen molar-refractivity contribution in [1.82, 2.24) is 14.0 Å². The van der Waals surface area contributed by atoms with E-state index in [1.54, 1.807) is 26.4 Å². The van der Waals surface area contributed by atoms with Gasteiger partial charge in [-0.05, 0) is 56.0 Å². The third-order valence-corrected chi connectivity index (χ3v) is 7.38. The Morgan fingerprint density at radius 1 is 1.15 bits per heavy atom. The zero-order valence-corrected chi connectivity index (χ0v) is 19.6. The van der Waals surface area contributed by atoms with E-state index in [-0.39, 0.29) is 23.0 Å². The van der Waals surface area contributed by atoms with E-state index in [1.165, 1.54) is 21.4 Å². The number of rotatable bonds is 6. The molecule has 0 radical (unpaired) electrons. The average Bonchev–Trinajstić information content (AvgIpc) is 2.72. The largest absolute Gasteiger partial charge is 0.490 e. The smallest absolute Gasteiger partial charge is 0.259 e. The number of aromatic nitrogens is 2. The van der Waals surface area contributed by atoms with E-state index in [1.807, 2.05) is 12.1 Å². The van der Waals surface area contributed by atoms with Gasteiger partial charge in [-0.2, -0.15) is 0 Å². The Balaban J connectivity index is 1.13. The number of likely N-dealkylation sites (tertiary alicyclic amines) is 1. The molecular weight excluding hydrogens is 445 g/mol. The zero-order chi connectivity index (χ0) is 23.3. The highest BCUT2D eigenvalue weighted by Gasteiger charge is 2.53. The Morgan fingerprint density at radius 2 is 1.91 bits per heavy atom. The number of hydrogen-bond acceptors (Lipinski definition) is 4. The lowest BCUT2D eigenvalue weighted by Crippen LogP contribution is -2.64. The standard InChI is InChI=1S/C25H27ClFN3O3/c1-28-9-7-18-21(6-5-19(26)23(18)24(28)32)33-17-11-25(12-17)14-30(15-25)8-3-4-16-10-22(31)29(2)13-20(16)27/h5-7,9-10,13,17H,3-4,8,11-12,14-15H2,1-2H3. The molecule has 0 atom stereocenters. The highest BCUT2D eigenvalue weighted by molar-refractivity contribution is 6.35. The molecule has 3 heterocycles. The van der Waals surface area contributed by atoms with Gasteiger partial charge in [-0.15, -0.1) is 0 Å². The number of ether oxygens (including phenoxy) is 1. The van der Waals surface area contributed by atoms with Crippen molar-refractivity contribution in [2.75, 3.05) is 19.6 Å². The highest BCUT2D eigenvalue weighted by atomic mass is 35.5. The van der Waals surface area contributed by atoms with Gasteiger partial charge in [0.15, 0.2) is 0 Å². The summed E-state index contributed by atoms with van der Waals surface area (Å²) in [5.74, 6) is 0.392. The summed E-state index contributed by atoms with van der Waals surface area (Å²) in [6.07, 6.45) is 6.50. The van der Waals surface area contributed by atoms with E-state index in [9.17, 15) is 14.0 Å². The maximum absolute atomic E-state index is 14.0. The molecule has 33 heavy (non-hydrogen) atoms. The van der Waals surface area contributed by atoms with Crippen LogP contribution in [0.3, 0.4) is 0 Å². The Bertz CT molecular complexity index is 1340. The summed E-state index contributed by atoms with van der Waals surface area (Å²) in [4.78, 5) is 26.6. The van der Waals surface area contributed by atoms with Crippen LogP contribution in [-0.2, 0) is 20.5 Å². The molecule has 0 unspecified atom stereocenters. The van der Waals surface area contributed by atoms with E-state index < -0.39 is 0 Å².